The van der Waals surface area contributed by atoms with Gasteiger partial charge in [0.1, 0.15) is 5.54 Å². The molecule has 1 aliphatic heterocycles. The molecule has 3 nitrogen and oxygen atoms in total. The van der Waals surface area contributed by atoms with Crippen LogP contribution in [0.25, 0.3) is 0 Å². The van der Waals surface area contributed by atoms with Crippen molar-refractivity contribution in [1.29, 1.82) is 5.26 Å². The van der Waals surface area contributed by atoms with Crippen molar-refractivity contribution >= 4 is 0 Å². The van der Waals surface area contributed by atoms with Crippen molar-refractivity contribution in [3.8, 4) is 6.07 Å². The van der Waals surface area contributed by atoms with Gasteiger partial charge in [0.2, 0.25) is 0 Å². The van der Waals surface area contributed by atoms with Crippen LogP contribution in [0, 0.1) is 17.2 Å². The molecule has 1 aliphatic carbocycles. The number of nitrogens with zero attached hydrogens (tertiary/aromatic N) is 2. The molecule has 0 spiro atoms. The number of rotatable bonds is 4. The van der Waals surface area contributed by atoms with Gasteiger partial charge >= 0.3 is 0 Å². The smallest absolute Gasteiger partial charge is 0.108 e. The van der Waals surface area contributed by atoms with E-state index in [4.69, 9.17) is 0 Å². The first-order valence-corrected chi connectivity index (χ1v) is 7.57. The van der Waals surface area contributed by atoms with Crippen LogP contribution in [0.3, 0.4) is 0 Å². The van der Waals surface area contributed by atoms with Crippen molar-refractivity contribution in [2.75, 3.05) is 20.1 Å². The Balaban J connectivity index is 1.92. The zero-order valence-electron chi connectivity index (χ0n) is 11.9. The van der Waals surface area contributed by atoms with Crippen LogP contribution < -0.4 is 5.32 Å². The molecule has 0 aromatic carbocycles. The summed E-state index contributed by atoms with van der Waals surface area (Å²) in [4.78, 5) is 2.66. The van der Waals surface area contributed by atoms with Crippen LogP contribution in [0.2, 0.25) is 0 Å². The minimum absolute atomic E-state index is 0.258. The molecular weight excluding hydrogens is 222 g/mol. The standard InChI is InChI=1S/C15H27N3/c1-3-5-13-7-9-18(11-13)14-6-4-8-15(10-14,12-16)17-2/h13-14,17H,3-11H2,1-2H3. The monoisotopic (exact) mass is 249 g/mol. The van der Waals surface area contributed by atoms with E-state index in [9.17, 15) is 5.26 Å². The lowest BCUT2D eigenvalue weighted by Gasteiger charge is -2.39. The summed E-state index contributed by atoms with van der Waals surface area (Å²) in [5.41, 5.74) is -0.258. The van der Waals surface area contributed by atoms with Crippen LogP contribution in [-0.4, -0.2) is 36.6 Å². The van der Waals surface area contributed by atoms with Crippen LogP contribution in [0.15, 0.2) is 0 Å². The molecule has 1 N–H and O–H groups in total. The first-order valence-electron chi connectivity index (χ1n) is 7.57. The lowest BCUT2D eigenvalue weighted by atomic mass is 9.79. The van der Waals surface area contributed by atoms with Gasteiger partial charge in [-0.15, -0.1) is 0 Å². The summed E-state index contributed by atoms with van der Waals surface area (Å²) in [5, 5.41) is 12.7. The van der Waals surface area contributed by atoms with Gasteiger partial charge in [0, 0.05) is 12.6 Å². The molecule has 102 valence electrons. The molecule has 2 aliphatic rings. The van der Waals surface area contributed by atoms with E-state index >= 15 is 0 Å². The van der Waals surface area contributed by atoms with Gasteiger partial charge in [0.15, 0.2) is 0 Å². The van der Waals surface area contributed by atoms with Gasteiger partial charge in [-0.05, 0) is 58.0 Å². The molecule has 1 saturated carbocycles. The van der Waals surface area contributed by atoms with E-state index in [0.29, 0.717) is 6.04 Å². The van der Waals surface area contributed by atoms with Crippen LogP contribution in [-0.2, 0) is 0 Å². The van der Waals surface area contributed by atoms with Crippen molar-refractivity contribution in [2.24, 2.45) is 5.92 Å². The van der Waals surface area contributed by atoms with Crippen molar-refractivity contribution in [3.05, 3.63) is 0 Å². The Morgan fingerprint density at radius 1 is 1.44 bits per heavy atom. The second-order valence-corrected chi connectivity index (χ2v) is 6.13. The van der Waals surface area contributed by atoms with Gasteiger partial charge in [-0.1, -0.05) is 13.3 Å². The average molecular weight is 249 g/mol. The second-order valence-electron chi connectivity index (χ2n) is 6.13. The molecule has 0 aromatic rings. The number of nitrogens with one attached hydrogen (secondary N) is 1. The normalized spacial score (nSPS) is 37.6. The first-order chi connectivity index (χ1) is 8.73. The van der Waals surface area contributed by atoms with Crippen molar-refractivity contribution in [2.45, 2.75) is 63.5 Å². The molecule has 1 heterocycles. The van der Waals surface area contributed by atoms with E-state index in [2.05, 4.69) is 23.2 Å². The predicted molar refractivity (Wildman–Crippen MR) is 74.2 cm³/mol. The summed E-state index contributed by atoms with van der Waals surface area (Å²) in [6.07, 6.45) is 8.55. The number of likely N-dealkylation sites (tertiary alicyclic amines) is 1. The number of nitriles is 1. The Morgan fingerprint density at radius 3 is 2.94 bits per heavy atom. The highest BCUT2D eigenvalue weighted by Gasteiger charge is 2.39. The van der Waals surface area contributed by atoms with Crippen molar-refractivity contribution in [3.63, 3.8) is 0 Å². The fraction of sp³-hybridized carbons (Fsp3) is 0.933. The Kier molecular flexibility index (Phi) is 4.64. The molecule has 0 bridgehead atoms. The van der Waals surface area contributed by atoms with Crippen molar-refractivity contribution < 1.29 is 0 Å². The van der Waals surface area contributed by atoms with E-state index < -0.39 is 0 Å². The fourth-order valence-corrected chi connectivity index (χ4v) is 3.78. The van der Waals surface area contributed by atoms with Gasteiger partial charge in [0.05, 0.1) is 6.07 Å². The maximum atomic E-state index is 9.41. The summed E-state index contributed by atoms with van der Waals surface area (Å²) >= 11 is 0. The van der Waals surface area contributed by atoms with Gasteiger partial charge in [-0.2, -0.15) is 5.26 Å². The third kappa shape index (κ3) is 2.87. The van der Waals surface area contributed by atoms with Gasteiger partial charge < -0.3 is 5.32 Å². The van der Waals surface area contributed by atoms with E-state index in [1.54, 1.807) is 0 Å². The molecule has 3 unspecified atom stereocenters. The summed E-state index contributed by atoms with van der Waals surface area (Å²) < 4.78 is 0. The van der Waals surface area contributed by atoms with Crippen LogP contribution in [0.4, 0.5) is 0 Å². The fourth-order valence-electron chi connectivity index (χ4n) is 3.78. The molecule has 0 amide bonds. The SMILES string of the molecule is CCCC1CCN(C2CCCC(C#N)(NC)C2)C1. The summed E-state index contributed by atoms with van der Waals surface area (Å²) in [7, 11) is 1.94. The first kappa shape index (κ1) is 13.8. The summed E-state index contributed by atoms with van der Waals surface area (Å²) in [6.45, 7) is 4.80. The predicted octanol–water partition coefficient (Wildman–Crippen LogP) is 2.53. The summed E-state index contributed by atoms with van der Waals surface area (Å²) in [5.74, 6) is 0.906. The molecule has 3 heteroatoms. The molecule has 1 saturated heterocycles. The lowest BCUT2D eigenvalue weighted by molar-refractivity contribution is 0.143. The number of hydrogen-bond acceptors (Lipinski definition) is 3. The minimum atomic E-state index is -0.258. The molecule has 2 rings (SSSR count). The third-order valence-corrected chi connectivity index (χ3v) is 4.95. The highest BCUT2D eigenvalue weighted by atomic mass is 15.2. The zero-order valence-corrected chi connectivity index (χ0v) is 11.9. The van der Waals surface area contributed by atoms with E-state index in [1.165, 1.54) is 45.2 Å². The maximum absolute atomic E-state index is 9.41. The van der Waals surface area contributed by atoms with E-state index in [-0.39, 0.29) is 5.54 Å². The average Bonchev–Trinajstić information content (AvgIpc) is 2.88. The summed E-state index contributed by atoms with van der Waals surface area (Å²) in [6, 6.07) is 3.15. The third-order valence-electron chi connectivity index (χ3n) is 4.95. The molecule has 18 heavy (non-hydrogen) atoms. The van der Waals surface area contributed by atoms with Crippen LogP contribution in [0.5, 0.6) is 0 Å². The van der Waals surface area contributed by atoms with Gasteiger partial charge in [0.25, 0.3) is 0 Å². The molecule has 3 atom stereocenters. The Hall–Kier alpha value is -0.590. The highest BCUT2D eigenvalue weighted by molar-refractivity contribution is 5.10. The molecule has 2 fully saturated rings. The minimum Gasteiger partial charge on any atom is -0.302 e. The Labute approximate surface area is 112 Å². The Bertz CT molecular complexity index is 309. The maximum Gasteiger partial charge on any atom is 0.108 e. The zero-order chi connectivity index (χ0) is 13.0. The largest absolute Gasteiger partial charge is 0.302 e. The molecular formula is C15H27N3. The highest BCUT2D eigenvalue weighted by Crippen LogP contribution is 2.34. The van der Waals surface area contributed by atoms with Gasteiger partial charge in [-0.3, -0.25) is 4.90 Å². The number of hydrogen-bond donors (Lipinski definition) is 1. The second kappa shape index (κ2) is 6.04. The van der Waals surface area contributed by atoms with Crippen molar-refractivity contribution in [1.82, 2.24) is 10.2 Å². The topological polar surface area (TPSA) is 39.1 Å². The Morgan fingerprint density at radius 2 is 2.28 bits per heavy atom. The quantitative estimate of drug-likeness (QED) is 0.832. The van der Waals surface area contributed by atoms with E-state index in [0.717, 1.165) is 18.8 Å². The van der Waals surface area contributed by atoms with Crippen LogP contribution >= 0.6 is 0 Å². The van der Waals surface area contributed by atoms with Crippen LogP contribution in [0.1, 0.15) is 51.9 Å². The molecule has 0 aromatic heterocycles. The molecule has 0 radical (unpaired) electrons. The lowest BCUT2D eigenvalue weighted by Crippen LogP contribution is -2.51. The van der Waals surface area contributed by atoms with Gasteiger partial charge in [-0.25, -0.2) is 0 Å². The van der Waals surface area contributed by atoms with E-state index in [1.807, 2.05) is 7.05 Å².